The van der Waals surface area contributed by atoms with E-state index in [4.69, 9.17) is 14.6 Å². The number of amides is 1. The van der Waals surface area contributed by atoms with Crippen LogP contribution in [0.2, 0.25) is 0 Å². The first-order chi connectivity index (χ1) is 14.7. The highest BCUT2D eigenvalue weighted by Gasteiger charge is 2.38. The van der Waals surface area contributed by atoms with Gasteiger partial charge in [-0.3, -0.25) is 4.79 Å². The van der Waals surface area contributed by atoms with Crippen LogP contribution >= 0.6 is 0 Å². The number of hydrogen-bond donors (Lipinski definition) is 2. The molecule has 1 aliphatic carbocycles. The predicted octanol–water partition coefficient (Wildman–Crippen LogP) is 1.83. The molecule has 11 heteroatoms. The fraction of sp³-hybridized carbons (Fsp3) is 0.750. The summed E-state index contributed by atoms with van der Waals surface area (Å²) in [6.07, 6.45) is 2.17. The van der Waals surface area contributed by atoms with Gasteiger partial charge in [0.15, 0.2) is 0 Å². The molecule has 0 aromatic carbocycles. The maximum absolute atomic E-state index is 11.9. The first-order valence-electron chi connectivity index (χ1n) is 10.6. The van der Waals surface area contributed by atoms with Crippen LogP contribution in [0.5, 0.6) is 0 Å². The third-order valence-electron chi connectivity index (χ3n) is 5.73. The number of halogens is 3. The summed E-state index contributed by atoms with van der Waals surface area (Å²) in [5, 5.41) is 10.2. The first kappa shape index (κ1) is 23.5. The lowest BCUT2D eigenvalue weighted by Gasteiger charge is -2.22. The van der Waals surface area contributed by atoms with Gasteiger partial charge in [-0.2, -0.15) is 13.2 Å². The molecule has 0 bridgehead atoms. The molecule has 2 aliphatic heterocycles. The van der Waals surface area contributed by atoms with E-state index in [2.05, 4.69) is 19.8 Å². The molecule has 31 heavy (non-hydrogen) atoms. The number of aliphatic carboxylic acids is 1. The average Bonchev–Trinajstić information content (AvgIpc) is 3.27. The van der Waals surface area contributed by atoms with Crippen molar-refractivity contribution in [2.75, 3.05) is 32.8 Å². The maximum Gasteiger partial charge on any atom is 0.490 e. The van der Waals surface area contributed by atoms with Crippen molar-refractivity contribution in [3.63, 3.8) is 0 Å². The summed E-state index contributed by atoms with van der Waals surface area (Å²) in [5.41, 5.74) is 1.14. The number of carbonyl (C=O) groups is 2. The van der Waals surface area contributed by atoms with Crippen LogP contribution in [0.25, 0.3) is 0 Å². The molecule has 1 atom stereocenters. The number of alkyl halides is 3. The van der Waals surface area contributed by atoms with E-state index in [-0.39, 0.29) is 5.91 Å². The van der Waals surface area contributed by atoms with Crippen molar-refractivity contribution in [2.24, 2.45) is 11.8 Å². The van der Waals surface area contributed by atoms with Crippen LogP contribution in [-0.4, -0.2) is 70.5 Å². The molecule has 2 fully saturated rings. The van der Waals surface area contributed by atoms with E-state index in [1.54, 1.807) is 0 Å². The van der Waals surface area contributed by atoms with Gasteiger partial charge in [-0.15, -0.1) is 0 Å². The minimum atomic E-state index is -5.08. The Morgan fingerprint density at radius 1 is 1.19 bits per heavy atom. The van der Waals surface area contributed by atoms with Gasteiger partial charge in [0.05, 0.1) is 25.0 Å². The lowest BCUT2D eigenvalue weighted by molar-refractivity contribution is -0.192. The molecule has 1 saturated heterocycles. The van der Waals surface area contributed by atoms with Crippen molar-refractivity contribution in [1.29, 1.82) is 0 Å². The Kier molecular flexibility index (Phi) is 7.93. The van der Waals surface area contributed by atoms with E-state index in [9.17, 15) is 18.0 Å². The van der Waals surface area contributed by atoms with Crippen LogP contribution in [0.4, 0.5) is 13.2 Å². The topological polar surface area (TPSA) is 96.7 Å². The minimum Gasteiger partial charge on any atom is -0.475 e. The van der Waals surface area contributed by atoms with Crippen LogP contribution in [0.15, 0.2) is 6.20 Å². The second-order valence-corrected chi connectivity index (χ2v) is 8.32. The summed E-state index contributed by atoms with van der Waals surface area (Å²) in [5.74, 6) is -0.0825. The van der Waals surface area contributed by atoms with E-state index in [0.29, 0.717) is 24.8 Å². The van der Waals surface area contributed by atoms with E-state index >= 15 is 0 Å². The monoisotopic (exact) mass is 446 g/mol. The smallest absolute Gasteiger partial charge is 0.475 e. The van der Waals surface area contributed by atoms with Crippen molar-refractivity contribution in [3.8, 4) is 0 Å². The standard InChI is InChI=1S/C18H28N4O2.C2HF3O2/c23-18(9-14-1-2-14)20-11-16-10-19-17-3-5-21(6-7-22(16)17)12-15-4-8-24-13-15;3-2(4,5)1(6)7/h10,14-15H,1-9,11-13H2,(H,20,23);(H,6,7). The highest BCUT2D eigenvalue weighted by Crippen LogP contribution is 2.32. The highest BCUT2D eigenvalue weighted by molar-refractivity contribution is 5.76. The maximum atomic E-state index is 11.9. The molecule has 0 radical (unpaired) electrons. The van der Waals surface area contributed by atoms with Crippen molar-refractivity contribution < 1.29 is 32.6 Å². The lowest BCUT2D eigenvalue weighted by atomic mass is 10.1. The van der Waals surface area contributed by atoms with Crippen molar-refractivity contribution in [2.45, 2.75) is 51.4 Å². The van der Waals surface area contributed by atoms with Gasteiger partial charge in [0, 0.05) is 45.6 Å². The van der Waals surface area contributed by atoms with Gasteiger partial charge in [-0.05, 0) is 31.1 Å². The second-order valence-electron chi connectivity index (χ2n) is 8.32. The molecule has 1 saturated carbocycles. The van der Waals surface area contributed by atoms with Gasteiger partial charge < -0.3 is 24.6 Å². The predicted molar refractivity (Wildman–Crippen MR) is 104 cm³/mol. The Labute approximate surface area is 178 Å². The lowest BCUT2D eigenvalue weighted by Crippen LogP contribution is -2.32. The molecule has 3 aliphatic rings. The Morgan fingerprint density at radius 2 is 1.94 bits per heavy atom. The molecule has 8 nitrogen and oxygen atoms in total. The molecule has 1 aromatic heterocycles. The van der Waals surface area contributed by atoms with E-state index in [0.717, 1.165) is 57.3 Å². The quantitative estimate of drug-likeness (QED) is 0.692. The van der Waals surface area contributed by atoms with Crippen LogP contribution in [0, 0.1) is 11.8 Å². The number of carboxylic acids is 1. The van der Waals surface area contributed by atoms with Crippen molar-refractivity contribution in [1.82, 2.24) is 19.8 Å². The second kappa shape index (κ2) is 10.4. The molecule has 2 N–H and O–H groups in total. The van der Waals surface area contributed by atoms with Gasteiger partial charge in [0.1, 0.15) is 5.82 Å². The molecular weight excluding hydrogens is 417 g/mol. The Bertz CT molecular complexity index is 758. The molecular formula is C20H29F3N4O4. The Balaban J connectivity index is 0.000000339. The summed E-state index contributed by atoms with van der Waals surface area (Å²) in [4.78, 5) is 27.9. The Morgan fingerprint density at radius 3 is 2.55 bits per heavy atom. The molecule has 174 valence electrons. The fourth-order valence-corrected chi connectivity index (χ4v) is 3.80. The molecule has 0 spiro atoms. The number of hydrogen-bond acceptors (Lipinski definition) is 5. The third kappa shape index (κ3) is 7.49. The van der Waals surface area contributed by atoms with E-state index in [1.807, 2.05) is 6.20 Å². The van der Waals surface area contributed by atoms with E-state index < -0.39 is 12.1 Å². The third-order valence-corrected chi connectivity index (χ3v) is 5.73. The number of carboxylic acid groups (broad SMARTS) is 1. The van der Waals surface area contributed by atoms with Gasteiger partial charge in [-0.25, -0.2) is 9.78 Å². The highest BCUT2D eigenvalue weighted by atomic mass is 19.4. The van der Waals surface area contributed by atoms with Gasteiger partial charge in [-0.1, -0.05) is 0 Å². The molecule has 3 heterocycles. The fourth-order valence-electron chi connectivity index (χ4n) is 3.80. The van der Waals surface area contributed by atoms with Crippen molar-refractivity contribution >= 4 is 11.9 Å². The van der Waals surface area contributed by atoms with Gasteiger partial charge >= 0.3 is 12.1 Å². The zero-order chi connectivity index (χ0) is 22.4. The SMILES string of the molecule is O=C(CC1CC1)NCc1cnc2n1CCN(CC1CCOC1)CC2.O=C(O)C(F)(F)F. The summed E-state index contributed by atoms with van der Waals surface area (Å²) in [7, 11) is 0. The number of fused-ring (bicyclic) bond motifs is 1. The van der Waals surface area contributed by atoms with Crippen molar-refractivity contribution in [3.05, 3.63) is 17.7 Å². The molecule has 4 rings (SSSR count). The number of aromatic nitrogens is 2. The average molecular weight is 446 g/mol. The molecule has 1 unspecified atom stereocenters. The number of ether oxygens (including phenoxy) is 1. The molecule has 1 amide bonds. The summed E-state index contributed by atoms with van der Waals surface area (Å²) in [6, 6.07) is 0. The Hall–Kier alpha value is -2.14. The van der Waals surface area contributed by atoms with Gasteiger partial charge in [0.25, 0.3) is 0 Å². The van der Waals surface area contributed by atoms with Gasteiger partial charge in [0.2, 0.25) is 5.91 Å². The normalized spacial score (nSPS) is 21.6. The van der Waals surface area contributed by atoms with Crippen LogP contribution in [-0.2, 0) is 33.8 Å². The zero-order valence-electron chi connectivity index (χ0n) is 17.4. The largest absolute Gasteiger partial charge is 0.490 e. The summed E-state index contributed by atoms with van der Waals surface area (Å²) in [6.45, 7) is 6.68. The number of carbonyl (C=O) groups excluding carboxylic acids is 1. The zero-order valence-corrected chi connectivity index (χ0v) is 17.4. The van der Waals surface area contributed by atoms with Crippen LogP contribution in [0.1, 0.15) is 37.2 Å². The number of nitrogens with zero attached hydrogens (tertiary/aromatic N) is 3. The number of nitrogens with one attached hydrogen (secondary N) is 1. The number of rotatable bonds is 6. The molecule has 1 aromatic rings. The van der Waals surface area contributed by atoms with E-state index in [1.165, 1.54) is 19.3 Å². The summed E-state index contributed by atoms with van der Waals surface area (Å²) < 4.78 is 39.5. The van der Waals surface area contributed by atoms with Crippen LogP contribution < -0.4 is 5.32 Å². The first-order valence-corrected chi connectivity index (χ1v) is 10.6. The summed E-state index contributed by atoms with van der Waals surface area (Å²) >= 11 is 0. The minimum absolute atomic E-state index is 0.185. The number of imidazole rings is 1. The van der Waals surface area contributed by atoms with Crippen LogP contribution in [0.3, 0.4) is 0 Å².